The van der Waals surface area contributed by atoms with Gasteiger partial charge < -0.3 is 10.1 Å². The van der Waals surface area contributed by atoms with E-state index in [1.165, 1.54) is 16.8 Å². The van der Waals surface area contributed by atoms with E-state index >= 15 is 0 Å². The maximum absolute atomic E-state index is 11.8. The number of benzene rings is 4. The van der Waals surface area contributed by atoms with Crippen molar-refractivity contribution in [3.8, 4) is 0 Å². The number of nitrogens with zero attached hydrogens (tertiary/aromatic N) is 1. The zero-order chi connectivity index (χ0) is 21.5. The number of rotatable bonds is 3. The van der Waals surface area contributed by atoms with E-state index < -0.39 is 0 Å². The Hall–Kier alpha value is -3.59. The van der Waals surface area contributed by atoms with E-state index in [4.69, 9.17) is 0 Å². The zero-order valence-electron chi connectivity index (χ0n) is 17.1. The van der Waals surface area contributed by atoms with E-state index in [0.29, 0.717) is 11.1 Å². The Labute approximate surface area is 200 Å². The van der Waals surface area contributed by atoms with Crippen LogP contribution in [0.15, 0.2) is 115 Å². The number of aliphatic hydroxyl groups excluding tert-OH is 1. The first-order valence-corrected chi connectivity index (χ1v) is 9.92. The summed E-state index contributed by atoms with van der Waals surface area (Å²) >= 11 is 0. The summed E-state index contributed by atoms with van der Waals surface area (Å²) in [5.41, 5.74) is 2.23. The Bertz CT molecular complexity index is 1290. The van der Waals surface area contributed by atoms with Gasteiger partial charge in [0, 0.05) is 43.5 Å². The molecule has 0 saturated carbocycles. The molecule has 0 fully saturated rings. The molecule has 4 aromatic carbocycles. The van der Waals surface area contributed by atoms with Crippen LogP contribution in [0.4, 0.5) is 0 Å². The minimum atomic E-state index is -0.202. The summed E-state index contributed by atoms with van der Waals surface area (Å²) in [5.74, 6) is -0.216. The number of pyridine rings is 1. The van der Waals surface area contributed by atoms with Gasteiger partial charge in [-0.1, -0.05) is 78.9 Å². The van der Waals surface area contributed by atoms with E-state index in [2.05, 4.69) is 35.3 Å². The van der Waals surface area contributed by atoms with Gasteiger partial charge in [-0.05, 0) is 17.0 Å². The number of carbonyl (C=O) groups is 1. The third-order valence-corrected chi connectivity index (χ3v) is 4.80. The summed E-state index contributed by atoms with van der Waals surface area (Å²) in [6.07, 6.45) is 3.06. The summed E-state index contributed by atoms with van der Waals surface area (Å²) in [6, 6.07) is 35.3. The monoisotopic (exact) mass is 595 g/mol. The molecule has 0 bridgehead atoms. The van der Waals surface area contributed by atoms with E-state index in [-0.39, 0.29) is 31.6 Å². The van der Waals surface area contributed by atoms with Crippen molar-refractivity contribution >= 4 is 33.2 Å². The molecule has 159 valence electrons. The Morgan fingerprint density at radius 1 is 0.750 bits per heavy atom. The molecule has 0 aliphatic carbocycles. The van der Waals surface area contributed by atoms with Crippen LogP contribution >= 0.6 is 0 Å². The van der Waals surface area contributed by atoms with Gasteiger partial charge in [0.2, 0.25) is 0 Å². The molecular weight excluding hydrogens is 575 g/mol. The summed E-state index contributed by atoms with van der Waals surface area (Å²) in [6.45, 7) is 0. The quantitative estimate of drug-likeness (QED) is 0.0837. The van der Waals surface area contributed by atoms with Crippen molar-refractivity contribution in [3.05, 3.63) is 133 Å². The van der Waals surface area contributed by atoms with Crippen LogP contribution in [-0.4, -0.2) is 15.9 Å². The second kappa shape index (κ2) is 11.1. The number of allylic oxidation sites excluding steroid dienone is 1. The van der Waals surface area contributed by atoms with Crippen LogP contribution in [0.25, 0.3) is 27.4 Å². The molecule has 0 atom stereocenters. The van der Waals surface area contributed by atoms with Crippen LogP contribution in [0.2, 0.25) is 0 Å². The first-order chi connectivity index (χ1) is 15.2. The Morgan fingerprint density at radius 3 is 2.09 bits per heavy atom. The van der Waals surface area contributed by atoms with E-state index in [1.807, 2.05) is 48.7 Å². The summed E-state index contributed by atoms with van der Waals surface area (Å²) < 4.78 is 0. The van der Waals surface area contributed by atoms with Gasteiger partial charge in [0.1, 0.15) is 5.76 Å². The third kappa shape index (κ3) is 5.55. The third-order valence-electron chi connectivity index (χ3n) is 4.80. The molecule has 1 aromatic heterocycles. The predicted octanol–water partition coefficient (Wildman–Crippen LogP) is 6.65. The number of carbonyl (C=O) groups excluding carboxylic acids is 1. The van der Waals surface area contributed by atoms with Crippen LogP contribution in [0.3, 0.4) is 0 Å². The molecule has 1 heterocycles. The molecule has 32 heavy (non-hydrogen) atoms. The van der Waals surface area contributed by atoms with Gasteiger partial charge in [0.25, 0.3) is 0 Å². The predicted molar refractivity (Wildman–Crippen MR) is 126 cm³/mol. The van der Waals surface area contributed by atoms with E-state index in [1.54, 1.807) is 36.4 Å². The van der Waals surface area contributed by atoms with Crippen LogP contribution in [0.5, 0.6) is 0 Å². The normalized spacial score (nSPS) is 10.7. The molecule has 1 radical (unpaired) electrons. The Kier molecular flexibility index (Phi) is 8.04. The van der Waals surface area contributed by atoms with Crippen molar-refractivity contribution < 1.29 is 30.0 Å². The van der Waals surface area contributed by atoms with Gasteiger partial charge in [0.15, 0.2) is 5.78 Å². The summed E-state index contributed by atoms with van der Waals surface area (Å²) in [7, 11) is 0. The van der Waals surface area contributed by atoms with Gasteiger partial charge in [-0.25, -0.2) is 0 Å². The molecule has 0 amide bonds. The van der Waals surface area contributed by atoms with Crippen molar-refractivity contribution in [1.82, 2.24) is 4.98 Å². The largest absolute Gasteiger partial charge is 0.507 e. The van der Waals surface area contributed by atoms with Crippen molar-refractivity contribution in [2.75, 3.05) is 0 Å². The maximum Gasteiger partial charge on any atom is 0.189 e. The smallest absolute Gasteiger partial charge is 0.189 e. The standard InChI is InChI=1S/C15H12O2.C13H8N.Ir/c16-14(12-7-3-1-4-8-12)11-15(17)13-9-5-2-6-10-13;1-2-6-12-10(4-1)7-8-11-5-3-9-14-13(11)12;/h1-11,16H;1-5,7-9H;/q;-1;. The average Bonchev–Trinajstić information content (AvgIpc) is 2.85. The van der Waals surface area contributed by atoms with Gasteiger partial charge in [-0.15, -0.1) is 35.0 Å². The first kappa shape index (κ1) is 23.1. The van der Waals surface area contributed by atoms with Crippen molar-refractivity contribution in [2.24, 2.45) is 0 Å². The molecule has 5 rings (SSSR count). The first-order valence-electron chi connectivity index (χ1n) is 9.92. The van der Waals surface area contributed by atoms with Gasteiger partial charge in [-0.3, -0.25) is 4.79 Å². The van der Waals surface area contributed by atoms with Crippen LogP contribution in [-0.2, 0) is 20.1 Å². The number of fused-ring (bicyclic) bond motifs is 3. The fourth-order valence-electron chi connectivity index (χ4n) is 3.24. The molecule has 5 aromatic rings. The molecular formula is C28H20IrNO2-. The Balaban J connectivity index is 0.000000178. The summed E-state index contributed by atoms with van der Waals surface area (Å²) in [4.78, 5) is 16.2. The van der Waals surface area contributed by atoms with Crippen LogP contribution in [0.1, 0.15) is 15.9 Å². The van der Waals surface area contributed by atoms with Crippen molar-refractivity contribution in [3.63, 3.8) is 0 Å². The van der Waals surface area contributed by atoms with Gasteiger partial charge >= 0.3 is 0 Å². The number of hydrogen-bond acceptors (Lipinski definition) is 3. The molecule has 0 unspecified atom stereocenters. The van der Waals surface area contributed by atoms with Crippen molar-refractivity contribution in [2.45, 2.75) is 0 Å². The second-order valence-corrected chi connectivity index (χ2v) is 6.90. The molecule has 3 nitrogen and oxygen atoms in total. The van der Waals surface area contributed by atoms with E-state index in [0.717, 1.165) is 10.9 Å². The van der Waals surface area contributed by atoms with Gasteiger partial charge in [-0.2, -0.15) is 0 Å². The molecule has 0 spiro atoms. The topological polar surface area (TPSA) is 50.2 Å². The molecule has 4 heteroatoms. The minimum absolute atomic E-state index is 0. The maximum atomic E-state index is 11.8. The minimum Gasteiger partial charge on any atom is -0.507 e. The molecule has 0 aliphatic rings. The fourth-order valence-corrected chi connectivity index (χ4v) is 3.24. The van der Waals surface area contributed by atoms with Crippen molar-refractivity contribution in [1.29, 1.82) is 0 Å². The average molecular weight is 595 g/mol. The number of aliphatic hydroxyl groups is 1. The second-order valence-electron chi connectivity index (χ2n) is 6.90. The zero-order valence-corrected chi connectivity index (χ0v) is 19.5. The SMILES string of the molecule is O=C(C=C(O)c1ccccc1)c1ccccc1.[Ir].[c-]1cccc2ccc3cccnc3c12. The number of ketones is 1. The van der Waals surface area contributed by atoms with Crippen LogP contribution in [0, 0.1) is 6.07 Å². The number of hydrogen-bond donors (Lipinski definition) is 1. The molecule has 0 aliphatic heterocycles. The molecule has 1 N–H and O–H groups in total. The van der Waals surface area contributed by atoms with Crippen LogP contribution < -0.4 is 0 Å². The fraction of sp³-hybridized carbons (Fsp3) is 0. The Morgan fingerprint density at radius 2 is 1.38 bits per heavy atom. The van der Waals surface area contributed by atoms with Gasteiger partial charge in [0.05, 0.1) is 0 Å². The molecule has 0 saturated heterocycles. The number of aromatic nitrogens is 1. The van der Waals surface area contributed by atoms with E-state index in [9.17, 15) is 9.90 Å². The summed E-state index contributed by atoms with van der Waals surface area (Å²) in [5, 5.41) is 13.3.